The van der Waals surface area contributed by atoms with Gasteiger partial charge in [0.15, 0.2) is 0 Å². The highest BCUT2D eigenvalue weighted by Crippen LogP contribution is 2.32. The highest BCUT2D eigenvalue weighted by molar-refractivity contribution is 6.17. The first kappa shape index (κ1) is 14.6. The van der Waals surface area contributed by atoms with Crippen LogP contribution in [-0.2, 0) is 10.6 Å². The van der Waals surface area contributed by atoms with Gasteiger partial charge >= 0.3 is 0 Å². The van der Waals surface area contributed by atoms with Gasteiger partial charge in [0.1, 0.15) is 5.82 Å². The fraction of sp³-hybridized carbons (Fsp3) is 0.600. The van der Waals surface area contributed by atoms with Gasteiger partial charge in [-0.3, -0.25) is 0 Å². The average molecular weight is 286 g/mol. The highest BCUT2D eigenvalue weighted by atomic mass is 35.5. The van der Waals surface area contributed by atoms with Gasteiger partial charge in [0.05, 0.1) is 16.9 Å². The molecule has 1 heterocycles. The van der Waals surface area contributed by atoms with Crippen LogP contribution in [0.3, 0.4) is 0 Å². The average Bonchev–Trinajstić information content (AvgIpc) is 2.24. The van der Waals surface area contributed by atoms with E-state index >= 15 is 0 Å². The summed E-state index contributed by atoms with van der Waals surface area (Å²) in [7, 11) is 0. The zero-order valence-corrected chi connectivity index (χ0v) is 12.7. The van der Waals surface area contributed by atoms with Crippen LogP contribution in [-0.4, -0.2) is 24.3 Å². The smallest absolute Gasteiger partial charge is 0.146 e. The number of ether oxygens (including phenoxy) is 1. The van der Waals surface area contributed by atoms with Crippen molar-refractivity contribution in [1.29, 1.82) is 0 Å². The molecule has 19 heavy (non-hydrogen) atoms. The van der Waals surface area contributed by atoms with Crippen molar-refractivity contribution in [3.8, 4) is 0 Å². The molecule has 2 nitrogen and oxygen atoms in total. The molecule has 0 bridgehead atoms. The van der Waals surface area contributed by atoms with Gasteiger partial charge in [-0.2, -0.15) is 0 Å². The molecule has 0 saturated carbocycles. The number of nitrogens with zero attached hydrogens (tertiary/aromatic N) is 1. The Bertz CT molecular complexity index is 457. The van der Waals surface area contributed by atoms with Gasteiger partial charge in [-0.05, 0) is 45.4 Å². The molecule has 1 aromatic carbocycles. The van der Waals surface area contributed by atoms with Crippen molar-refractivity contribution in [2.45, 2.75) is 44.8 Å². The molecule has 1 aromatic rings. The minimum absolute atomic E-state index is 0.216. The Balaban J connectivity index is 2.31. The molecule has 0 aliphatic carbocycles. The lowest BCUT2D eigenvalue weighted by molar-refractivity contribution is -0.133. The van der Waals surface area contributed by atoms with Crippen LogP contribution in [0.2, 0.25) is 0 Å². The lowest BCUT2D eigenvalue weighted by Crippen LogP contribution is -2.57. The molecule has 106 valence electrons. The Morgan fingerprint density at radius 3 is 2.26 bits per heavy atom. The fourth-order valence-corrected chi connectivity index (χ4v) is 3.01. The number of morpholine rings is 1. The van der Waals surface area contributed by atoms with E-state index in [-0.39, 0.29) is 17.0 Å². The molecule has 1 saturated heterocycles. The molecular formula is C15H21ClFNO. The molecule has 0 aromatic heterocycles. The molecular weight excluding hydrogens is 265 g/mol. The predicted octanol–water partition coefficient (Wildman–Crippen LogP) is 3.96. The van der Waals surface area contributed by atoms with Crippen molar-refractivity contribution in [3.63, 3.8) is 0 Å². The molecule has 0 spiro atoms. The third kappa shape index (κ3) is 3.40. The summed E-state index contributed by atoms with van der Waals surface area (Å²) in [4.78, 5) is 2.05. The van der Waals surface area contributed by atoms with Crippen molar-refractivity contribution < 1.29 is 9.13 Å². The van der Waals surface area contributed by atoms with Crippen LogP contribution in [0.1, 0.15) is 33.3 Å². The molecule has 1 aliphatic rings. The van der Waals surface area contributed by atoms with E-state index in [9.17, 15) is 4.39 Å². The Kier molecular flexibility index (Phi) is 3.80. The van der Waals surface area contributed by atoms with Gasteiger partial charge in [-0.15, -0.1) is 11.6 Å². The van der Waals surface area contributed by atoms with Crippen LogP contribution < -0.4 is 4.90 Å². The maximum absolute atomic E-state index is 14.2. The Morgan fingerprint density at radius 2 is 1.79 bits per heavy atom. The van der Waals surface area contributed by atoms with E-state index in [0.717, 1.165) is 5.56 Å². The third-order valence-electron chi connectivity index (χ3n) is 3.20. The minimum atomic E-state index is -0.292. The van der Waals surface area contributed by atoms with E-state index in [2.05, 4.69) is 4.90 Å². The van der Waals surface area contributed by atoms with Gasteiger partial charge in [0, 0.05) is 19.0 Å². The van der Waals surface area contributed by atoms with Crippen LogP contribution in [0, 0.1) is 5.82 Å². The largest absolute Gasteiger partial charge is 0.366 e. The van der Waals surface area contributed by atoms with Gasteiger partial charge < -0.3 is 9.64 Å². The summed E-state index contributed by atoms with van der Waals surface area (Å²) in [5.41, 5.74) is 0.839. The van der Waals surface area contributed by atoms with E-state index in [1.54, 1.807) is 0 Å². The summed E-state index contributed by atoms with van der Waals surface area (Å²) in [5.74, 6) is 0.115. The first-order valence-electron chi connectivity index (χ1n) is 6.52. The quantitative estimate of drug-likeness (QED) is 0.763. The summed E-state index contributed by atoms with van der Waals surface area (Å²) in [6.45, 7) is 9.48. The number of rotatable bonds is 2. The Morgan fingerprint density at radius 1 is 1.21 bits per heavy atom. The lowest BCUT2D eigenvalue weighted by Gasteiger charge is -2.48. The lowest BCUT2D eigenvalue weighted by atomic mass is 9.98. The van der Waals surface area contributed by atoms with Crippen molar-refractivity contribution in [2.75, 3.05) is 18.0 Å². The SMILES string of the molecule is CC1(C)CN(c2ccc(CCl)cc2F)CC(C)(C)O1. The van der Waals surface area contributed by atoms with Crippen molar-refractivity contribution >= 4 is 17.3 Å². The molecule has 0 atom stereocenters. The maximum atomic E-state index is 14.2. The van der Waals surface area contributed by atoms with E-state index in [1.807, 2.05) is 39.8 Å². The van der Waals surface area contributed by atoms with Crippen LogP contribution in [0.5, 0.6) is 0 Å². The van der Waals surface area contributed by atoms with Gasteiger partial charge in [0.2, 0.25) is 0 Å². The minimum Gasteiger partial charge on any atom is -0.366 e. The summed E-state index contributed by atoms with van der Waals surface area (Å²) >= 11 is 5.73. The highest BCUT2D eigenvalue weighted by Gasteiger charge is 2.38. The first-order chi connectivity index (χ1) is 8.72. The predicted molar refractivity (Wildman–Crippen MR) is 77.4 cm³/mol. The van der Waals surface area contributed by atoms with E-state index in [1.165, 1.54) is 6.07 Å². The van der Waals surface area contributed by atoms with Crippen molar-refractivity contribution in [1.82, 2.24) is 0 Å². The standard InChI is InChI=1S/C15H21ClFNO/c1-14(2)9-18(10-15(3,4)19-14)13-6-5-11(8-16)7-12(13)17/h5-7H,8-10H2,1-4H3. The monoisotopic (exact) mass is 285 g/mol. The number of hydrogen-bond donors (Lipinski definition) is 0. The van der Waals surface area contributed by atoms with Gasteiger partial charge in [-0.25, -0.2) is 4.39 Å². The van der Waals surface area contributed by atoms with Crippen LogP contribution in [0.4, 0.5) is 10.1 Å². The second kappa shape index (κ2) is 4.95. The summed E-state index contributed by atoms with van der Waals surface area (Å²) in [5, 5.41) is 0. The molecule has 0 amide bonds. The van der Waals surface area contributed by atoms with Gasteiger partial charge in [-0.1, -0.05) is 6.07 Å². The van der Waals surface area contributed by atoms with E-state index < -0.39 is 0 Å². The normalized spacial score (nSPS) is 21.5. The number of benzene rings is 1. The molecule has 4 heteroatoms. The van der Waals surface area contributed by atoms with E-state index in [4.69, 9.17) is 16.3 Å². The summed E-state index contributed by atoms with van der Waals surface area (Å²) in [6.07, 6.45) is 0. The molecule has 1 aliphatic heterocycles. The topological polar surface area (TPSA) is 12.5 Å². The van der Waals surface area contributed by atoms with Gasteiger partial charge in [0.25, 0.3) is 0 Å². The van der Waals surface area contributed by atoms with E-state index in [0.29, 0.717) is 24.7 Å². The third-order valence-corrected chi connectivity index (χ3v) is 3.51. The second-order valence-corrected chi connectivity index (χ2v) is 6.66. The molecule has 0 N–H and O–H groups in total. The number of halogens is 2. The summed E-state index contributed by atoms with van der Waals surface area (Å²) in [6, 6.07) is 5.20. The number of hydrogen-bond acceptors (Lipinski definition) is 2. The maximum Gasteiger partial charge on any atom is 0.146 e. The molecule has 0 radical (unpaired) electrons. The van der Waals surface area contributed by atoms with Crippen molar-refractivity contribution in [3.05, 3.63) is 29.6 Å². The summed E-state index contributed by atoms with van der Waals surface area (Å²) < 4.78 is 20.2. The zero-order chi connectivity index (χ0) is 14.3. The second-order valence-electron chi connectivity index (χ2n) is 6.40. The first-order valence-corrected chi connectivity index (χ1v) is 7.05. The zero-order valence-electron chi connectivity index (χ0n) is 12.0. The molecule has 0 unspecified atom stereocenters. The molecule has 1 fully saturated rings. The molecule has 2 rings (SSSR count). The fourth-order valence-electron chi connectivity index (χ4n) is 2.85. The number of anilines is 1. The van der Waals surface area contributed by atoms with Crippen LogP contribution in [0.25, 0.3) is 0 Å². The van der Waals surface area contributed by atoms with Crippen LogP contribution in [0.15, 0.2) is 18.2 Å². The Hall–Kier alpha value is -0.800. The Labute approximate surface area is 119 Å². The van der Waals surface area contributed by atoms with Crippen LogP contribution >= 0.6 is 11.6 Å². The van der Waals surface area contributed by atoms with Crippen molar-refractivity contribution in [2.24, 2.45) is 0 Å². The number of alkyl halides is 1.